The third-order valence-corrected chi connectivity index (χ3v) is 4.18. The molecule has 0 fully saturated rings. The summed E-state index contributed by atoms with van der Waals surface area (Å²) in [5.41, 5.74) is 7.49. The maximum Gasteiger partial charge on any atom is 0.170 e. The molecule has 0 bridgehead atoms. The molecule has 0 saturated heterocycles. The van der Waals surface area contributed by atoms with Gasteiger partial charge in [0.05, 0.1) is 4.90 Å². The van der Waals surface area contributed by atoms with Gasteiger partial charge in [0, 0.05) is 10.5 Å². The number of nitrogens with two attached hydrogens (primary N) is 1. The van der Waals surface area contributed by atoms with Crippen molar-refractivity contribution in [1.82, 2.24) is 0 Å². The molecule has 0 aliphatic carbocycles. The Kier molecular flexibility index (Phi) is 4.47. The van der Waals surface area contributed by atoms with E-state index in [1.807, 2.05) is 32.0 Å². The summed E-state index contributed by atoms with van der Waals surface area (Å²) < 4.78 is 28.0. The summed E-state index contributed by atoms with van der Waals surface area (Å²) >= 11 is 0.999. The molecule has 6 heteroatoms. The van der Waals surface area contributed by atoms with E-state index in [1.54, 1.807) is 0 Å². The molecule has 0 spiro atoms. The molecule has 21 heavy (non-hydrogen) atoms. The van der Waals surface area contributed by atoms with Crippen LogP contribution in [0.5, 0.6) is 0 Å². The number of benzene rings is 2. The third-order valence-electron chi connectivity index (χ3n) is 3.10. The number of oxime groups is 1. The predicted octanol–water partition coefficient (Wildman–Crippen LogP) is 3.83. The Morgan fingerprint density at radius 3 is 2.24 bits per heavy atom. The molecule has 0 unspecified atom stereocenters. The number of amidine groups is 1. The number of aryl methyl sites for hydroxylation is 2. The Morgan fingerprint density at radius 2 is 1.71 bits per heavy atom. The highest BCUT2D eigenvalue weighted by Gasteiger charge is 2.15. The van der Waals surface area contributed by atoms with Gasteiger partial charge in [0.1, 0.15) is 11.6 Å². The van der Waals surface area contributed by atoms with Gasteiger partial charge in [-0.05, 0) is 49.2 Å². The molecule has 2 aromatic carbocycles. The highest BCUT2D eigenvalue weighted by molar-refractivity contribution is 7.99. The van der Waals surface area contributed by atoms with Crippen LogP contribution in [0.4, 0.5) is 8.78 Å². The van der Waals surface area contributed by atoms with E-state index in [2.05, 4.69) is 5.16 Å². The third kappa shape index (κ3) is 3.33. The molecule has 110 valence electrons. The number of hydrogen-bond acceptors (Lipinski definition) is 3. The molecule has 3 N–H and O–H groups in total. The standard InChI is InChI=1S/C15H14F2N2OS/c1-8-3-4-11(5-9(8)2)21-14-12(16)6-10(7-13(14)17)15(18)19-20/h3-7,20H,1-2H3,(H2,18,19). The minimum atomic E-state index is -0.750. The second-order valence-electron chi connectivity index (χ2n) is 4.60. The smallest absolute Gasteiger partial charge is 0.170 e. The van der Waals surface area contributed by atoms with Crippen molar-refractivity contribution in [3.05, 3.63) is 58.7 Å². The van der Waals surface area contributed by atoms with Gasteiger partial charge in [0.15, 0.2) is 5.84 Å². The van der Waals surface area contributed by atoms with Gasteiger partial charge < -0.3 is 10.9 Å². The van der Waals surface area contributed by atoms with Crippen LogP contribution in [0.2, 0.25) is 0 Å². The Morgan fingerprint density at radius 1 is 1.10 bits per heavy atom. The topological polar surface area (TPSA) is 58.6 Å². The van der Waals surface area contributed by atoms with E-state index in [9.17, 15) is 8.78 Å². The molecular weight excluding hydrogens is 294 g/mol. The minimum absolute atomic E-state index is 0.00284. The summed E-state index contributed by atoms with van der Waals surface area (Å²) in [6.07, 6.45) is 0. The van der Waals surface area contributed by atoms with Crippen LogP contribution in [0.3, 0.4) is 0 Å². The van der Waals surface area contributed by atoms with E-state index in [0.29, 0.717) is 0 Å². The Balaban J connectivity index is 2.38. The molecule has 0 radical (unpaired) electrons. The fourth-order valence-electron chi connectivity index (χ4n) is 1.76. The van der Waals surface area contributed by atoms with Crippen molar-refractivity contribution in [2.75, 3.05) is 0 Å². The predicted molar refractivity (Wildman–Crippen MR) is 78.9 cm³/mol. The molecule has 2 rings (SSSR count). The number of nitrogens with zero attached hydrogens (tertiary/aromatic N) is 1. The monoisotopic (exact) mass is 308 g/mol. The molecular formula is C15H14F2N2OS. The van der Waals surface area contributed by atoms with Gasteiger partial charge in [-0.25, -0.2) is 8.78 Å². The lowest BCUT2D eigenvalue weighted by molar-refractivity contribution is 0.318. The zero-order chi connectivity index (χ0) is 15.6. The minimum Gasteiger partial charge on any atom is -0.409 e. The van der Waals surface area contributed by atoms with Gasteiger partial charge in [-0.15, -0.1) is 0 Å². The average Bonchev–Trinajstić information content (AvgIpc) is 2.45. The summed E-state index contributed by atoms with van der Waals surface area (Å²) in [4.78, 5) is 0.625. The van der Waals surface area contributed by atoms with Gasteiger partial charge in [-0.3, -0.25) is 0 Å². The first-order valence-electron chi connectivity index (χ1n) is 6.14. The van der Waals surface area contributed by atoms with Crippen LogP contribution in [0.1, 0.15) is 16.7 Å². The van der Waals surface area contributed by atoms with Crippen molar-refractivity contribution < 1.29 is 14.0 Å². The first kappa shape index (κ1) is 15.3. The highest BCUT2D eigenvalue weighted by Crippen LogP contribution is 2.33. The Bertz CT molecular complexity index is 694. The first-order chi connectivity index (χ1) is 9.92. The lowest BCUT2D eigenvalue weighted by Gasteiger charge is -2.09. The van der Waals surface area contributed by atoms with Crippen LogP contribution >= 0.6 is 11.8 Å². The van der Waals surface area contributed by atoms with Crippen molar-refractivity contribution >= 4 is 17.6 Å². The highest BCUT2D eigenvalue weighted by atomic mass is 32.2. The second kappa shape index (κ2) is 6.13. The summed E-state index contributed by atoms with van der Waals surface area (Å²) in [7, 11) is 0. The summed E-state index contributed by atoms with van der Waals surface area (Å²) in [6, 6.07) is 7.67. The van der Waals surface area contributed by atoms with Crippen LogP contribution in [-0.4, -0.2) is 11.0 Å². The number of halogens is 2. The first-order valence-corrected chi connectivity index (χ1v) is 6.96. The van der Waals surface area contributed by atoms with E-state index in [0.717, 1.165) is 39.9 Å². The molecule has 0 aliphatic rings. The van der Waals surface area contributed by atoms with Crippen LogP contribution in [-0.2, 0) is 0 Å². The van der Waals surface area contributed by atoms with Crippen LogP contribution in [0.25, 0.3) is 0 Å². The molecule has 0 atom stereocenters. The van der Waals surface area contributed by atoms with Crippen LogP contribution in [0, 0.1) is 25.5 Å². The maximum atomic E-state index is 14.0. The van der Waals surface area contributed by atoms with Gasteiger partial charge in [-0.1, -0.05) is 23.0 Å². The van der Waals surface area contributed by atoms with Gasteiger partial charge >= 0.3 is 0 Å². The van der Waals surface area contributed by atoms with Crippen molar-refractivity contribution in [3.63, 3.8) is 0 Å². The van der Waals surface area contributed by atoms with Gasteiger partial charge in [-0.2, -0.15) is 0 Å². The van der Waals surface area contributed by atoms with Gasteiger partial charge in [0.2, 0.25) is 0 Å². The zero-order valence-electron chi connectivity index (χ0n) is 11.5. The summed E-state index contributed by atoms with van der Waals surface area (Å²) in [5.74, 6) is -1.84. The van der Waals surface area contributed by atoms with Crippen LogP contribution in [0.15, 0.2) is 45.3 Å². The summed E-state index contributed by atoms with van der Waals surface area (Å²) in [6.45, 7) is 3.91. The SMILES string of the molecule is Cc1ccc(Sc2c(F)cc(/C(N)=N/O)cc2F)cc1C. The lowest BCUT2D eigenvalue weighted by atomic mass is 10.1. The van der Waals surface area contributed by atoms with E-state index < -0.39 is 11.6 Å². The fraction of sp³-hybridized carbons (Fsp3) is 0.133. The molecule has 0 aromatic heterocycles. The van der Waals surface area contributed by atoms with Crippen molar-refractivity contribution in [2.24, 2.45) is 10.9 Å². The van der Waals surface area contributed by atoms with Crippen LogP contribution < -0.4 is 5.73 Å². The van der Waals surface area contributed by atoms with E-state index in [4.69, 9.17) is 10.9 Å². The molecule has 3 nitrogen and oxygen atoms in total. The van der Waals surface area contributed by atoms with Crippen molar-refractivity contribution in [2.45, 2.75) is 23.6 Å². The summed E-state index contributed by atoms with van der Waals surface area (Å²) in [5, 5.41) is 11.3. The second-order valence-corrected chi connectivity index (χ2v) is 5.69. The number of rotatable bonds is 3. The Hall–Kier alpha value is -2.08. The normalized spacial score (nSPS) is 11.7. The van der Waals surface area contributed by atoms with Crippen molar-refractivity contribution in [1.29, 1.82) is 0 Å². The molecule has 0 saturated carbocycles. The quantitative estimate of drug-likeness (QED) is 0.392. The fourth-order valence-corrected chi connectivity index (χ4v) is 2.68. The number of hydrogen-bond donors (Lipinski definition) is 2. The maximum absolute atomic E-state index is 14.0. The van der Waals surface area contributed by atoms with Gasteiger partial charge in [0.25, 0.3) is 0 Å². The molecule has 0 amide bonds. The molecule has 0 heterocycles. The van der Waals surface area contributed by atoms with E-state index in [1.165, 1.54) is 0 Å². The largest absolute Gasteiger partial charge is 0.409 e. The zero-order valence-corrected chi connectivity index (χ0v) is 12.3. The molecule has 0 aliphatic heterocycles. The Labute approximate surface area is 125 Å². The van der Waals surface area contributed by atoms with E-state index in [-0.39, 0.29) is 16.3 Å². The van der Waals surface area contributed by atoms with Crippen molar-refractivity contribution in [3.8, 4) is 0 Å². The average molecular weight is 308 g/mol. The van der Waals surface area contributed by atoms with E-state index >= 15 is 0 Å². The lowest BCUT2D eigenvalue weighted by Crippen LogP contribution is -2.14. The molecule has 2 aromatic rings.